The molecule has 0 radical (unpaired) electrons. The number of nitrogens with zero attached hydrogens (tertiary/aromatic N) is 2. The third-order valence-electron chi connectivity index (χ3n) is 6.07. The topological polar surface area (TPSA) is 58.2 Å². The van der Waals surface area contributed by atoms with Crippen molar-refractivity contribution in [2.45, 2.75) is 50.6 Å². The van der Waals surface area contributed by atoms with Crippen molar-refractivity contribution in [3.63, 3.8) is 0 Å². The molecule has 2 aromatic rings. The lowest BCUT2D eigenvalue weighted by molar-refractivity contribution is -0.137. The van der Waals surface area contributed by atoms with Crippen molar-refractivity contribution < 1.29 is 22.7 Å². The van der Waals surface area contributed by atoms with Gasteiger partial charge in [-0.1, -0.05) is 18.9 Å². The van der Waals surface area contributed by atoms with Gasteiger partial charge >= 0.3 is 6.18 Å². The maximum atomic E-state index is 12.8. The molecule has 1 atom stereocenters. The highest BCUT2D eigenvalue weighted by Crippen LogP contribution is 2.32. The van der Waals surface area contributed by atoms with E-state index in [-0.39, 0.29) is 24.2 Å². The Kier molecular flexibility index (Phi) is 6.01. The molecule has 1 aromatic carbocycles. The summed E-state index contributed by atoms with van der Waals surface area (Å²) in [6.45, 7) is 1.74. The number of rotatable bonds is 6. The van der Waals surface area contributed by atoms with E-state index in [1.165, 1.54) is 12.1 Å². The van der Waals surface area contributed by atoms with E-state index in [0.29, 0.717) is 18.9 Å². The summed E-state index contributed by atoms with van der Waals surface area (Å²) in [5.74, 6) is 0.915. The van der Waals surface area contributed by atoms with E-state index < -0.39 is 11.7 Å². The van der Waals surface area contributed by atoms with Crippen LogP contribution in [0.3, 0.4) is 0 Å². The van der Waals surface area contributed by atoms with Crippen LogP contribution >= 0.6 is 0 Å². The van der Waals surface area contributed by atoms with Crippen LogP contribution in [0, 0.1) is 5.92 Å². The van der Waals surface area contributed by atoms with Gasteiger partial charge in [-0.3, -0.25) is 9.89 Å². The fraction of sp³-hybridized carbons (Fsp3) is 0.545. The summed E-state index contributed by atoms with van der Waals surface area (Å²) in [5.41, 5.74) is 1.09. The zero-order valence-electron chi connectivity index (χ0n) is 16.8. The lowest BCUT2D eigenvalue weighted by Crippen LogP contribution is -2.33. The van der Waals surface area contributed by atoms with Crippen LogP contribution in [0.4, 0.5) is 13.2 Å². The van der Waals surface area contributed by atoms with E-state index in [4.69, 9.17) is 4.74 Å². The van der Waals surface area contributed by atoms with Crippen LogP contribution in [0.25, 0.3) is 0 Å². The van der Waals surface area contributed by atoms with Crippen LogP contribution in [0.5, 0.6) is 5.75 Å². The highest BCUT2D eigenvalue weighted by Gasteiger charge is 2.33. The number of carbonyl (C=O) groups excluding carboxylic acids is 1. The van der Waals surface area contributed by atoms with Crippen molar-refractivity contribution in [3.8, 4) is 5.75 Å². The Bertz CT molecular complexity index is 875. The van der Waals surface area contributed by atoms with Crippen LogP contribution in [0.1, 0.15) is 55.0 Å². The zero-order chi connectivity index (χ0) is 21.1. The summed E-state index contributed by atoms with van der Waals surface area (Å²) in [6.07, 6.45) is 1.37. The maximum Gasteiger partial charge on any atom is 0.416 e. The number of likely N-dealkylation sites (tertiary alicyclic amines) is 1. The zero-order valence-corrected chi connectivity index (χ0v) is 16.8. The quantitative estimate of drug-likeness (QED) is 0.744. The van der Waals surface area contributed by atoms with Crippen molar-refractivity contribution in [3.05, 3.63) is 47.3 Å². The second kappa shape index (κ2) is 8.70. The first-order chi connectivity index (χ1) is 14.4. The first-order valence-electron chi connectivity index (χ1n) is 10.5. The number of ether oxygens (including phenoxy) is 1. The number of H-pyrrole nitrogens is 1. The SMILES string of the molecule is O=C(C1CCCC1)N1CC[C@H](c2cc(CCOc3cccc(C(F)(F)F)c3)[nH]n2)C1. The summed E-state index contributed by atoms with van der Waals surface area (Å²) in [5, 5.41) is 7.38. The fourth-order valence-electron chi connectivity index (χ4n) is 4.39. The lowest BCUT2D eigenvalue weighted by atomic mass is 10.0. The second-order valence-electron chi connectivity index (χ2n) is 8.19. The minimum absolute atomic E-state index is 0.196. The Labute approximate surface area is 173 Å². The van der Waals surface area contributed by atoms with Crippen LogP contribution in [0.15, 0.2) is 30.3 Å². The Balaban J connectivity index is 1.27. The van der Waals surface area contributed by atoms with Gasteiger partial charge in [0, 0.05) is 37.0 Å². The van der Waals surface area contributed by atoms with Gasteiger partial charge in [0.05, 0.1) is 17.9 Å². The van der Waals surface area contributed by atoms with E-state index in [1.54, 1.807) is 0 Å². The Hall–Kier alpha value is -2.51. The Morgan fingerprint density at radius 1 is 1.20 bits per heavy atom. The van der Waals surface area contributed by atoms with E-state index in [0.717, 1.165) is 62.2 Å². The largest absolute Gasteiger partial charge is 0.493 e. The summed E-state index contributed by atoms with van der Waals surface area (Å²) in [4.78, 5) is 14.6. The van der Waals surface area contributed by atoms with E-state index in [9.17, 15) is 18.0 Å². The van der Waals surface area contributed by atoms with Gasteiger partial charge in [-0.2, -0.15) is 18.3 Å². The lowest BCUT2D eigenvalue weighted by Gasteiger charge is -2.20. The molecule has 1 saturated carbocycles. The summed E-state index contributed by atoms with van der Waals surface area (Å²) >= 11 is 0. The van der Waals surface area contributed by atoms with Crippen LogP contribution < -0.4 is 4.74 Å². The molecule has 4 rings (SSSR count). The van der Waals surface area contributed by atoms with E-state index in [1.807, 2.05) is 11.0 Å². The van der Waals surface area contributed by atoms with Gasteiger partial charge in [0.25, 0.3) is 0 Å². The number of halogens is 3. The van der Waals surface area contributed by atoms with E-state index in [2.05, 4.69) is 10.2 Å². The number of carbonyl (C=O) groups is 1. The molecule has 1 aliphatic heterocycles. The fourth-order valence-corrected chi connectivity index (χ4v) is 4.39. The normalized spacial score (nSPS) is 20.1. The first kappa shape index (κ1) is 20.8. The molecule has 0 bridgehead atoms. The Morgan fingerprint density at radius 3 is 2.77 bits per heavy atom. The van der Waals surface area contributed by atoms with Crippen LogP contribution in [0.2, 0.25) is 0 Å². The molecule has 8 heteroatoms. The highest BCUT2D eigenvalue weighted by molar-refractivity contribution is 5.79. The summed E-state index contributed by atoms with van der Waals surface area (Å²) in [7, 11) is 0. The summed E-state index contributed by atoms with van der Waals surface area (Å²) in [6, 6.07) is 6.86. The molecule has 0 spiro atoms. The minimum Gasteiger partial charge on any atom is -0.493 e. The van der Waals surface area contributed by atoms with Crippen molar-refractivity contribution in [2.24, 2.45) is 5.92 Å². The third-order valence-corrected chi connectivity index (χ3v) is 6.07. The number of aromatic nitrogens is 2. The van der Waals surface area contributed by atoms with Crippen LogP contribution in [-0.2, 0) is 17.4 Å². The average molecular weight is 421 g/mol. The predicted octanol–water partition coefficient (Wildman–Crippen LogP) is 4.56. The van der Waals surface area contributed by atoms with Gasteiger partial charge in [0.2, 0.25) is 5.91 Å². The third kappa shape index (κ3) is 4.79. The average Bonchev–Trinajstić information content (AvgIpc) is 3.47. The second-order valence-corrected chi connectivity index (χ2v) is 8.19. The van der Waals surface area contributed by atoms with Crippen molar-refractivity contribution in [2.75, 3.05) is 19.7 Å². The van der Waals surface area contributed by atoms with Crippen molar-refractivity contribution in [1.82, 2.24) is 15.1 Å². The molecular weight excluding hydrogens is 395 g/mol. The number of nitrogens with one attached hydrogen (secondary N) is 1. The molecule has 30 heavy (non-hydrogen) atoms. The molecule has 2 fully saturated rings. The van der Waals surface area contributed by atoms with Gasteiger partial charge < -0.3 is 9.64 Å². The van der Waals surface area contributed by atoms with Gasteiger partial charge in [0.15, 0.2) is 0 Å². The number of amides is 1. The van der Waals surface area contributed by atoms with Crippen molar-refractivity contribution in [1.29, 1.82) is 0 Å². The number of benzene rings is 1. The molecule has 0 unspecified atom stereocenters. The molecule has 162 valence electrons. The molecule has 1 aromatic heterocycles. The van der Waals surface area contributed by atoms with Crippen LogP contribution in [-0.4, -0.2) is 40.7 Å². The minimum atomic E-state index is -4.38. The van der Waals surface area contributed by atoms with Crippen molar-refractivity contribution >= 4 is 5.91 Å². The summed E-state index contributed by atoms with van der Waals surface area (Å²) < 4.78 is 43.8. The van der Waals surface area contributed by atoms with E-state index >= 15 is 0 Å². The van der Waals surface area contributed by atoms with Gasteiger partial charge in [0.1, 0.15) is 5.75 Å². The smallest absolute Gasteiger partial charge is 0.416 e. The van der Waals surface area contributed by atoms with Gasteiger partial charge in [-0.05, 0) is 43.5 Å². The molecule has 1 amide bonds. The number of hydrogen-bond donors (Lipinski definition) is 1. The number of hydrogen-bond acceptors (Lipinski definition) is 3. The maximum absolute atomic E-state index is 12.8. The molecule has 1 aliphatic carbocycles. The molecule has 1 saturated heterocycles. The first-order valence-corrected chi connectivity index (χ1v) is 10.5. The molecule has 2 heterocycles. The standard InChI is InChI=1S/C22H26F3N3O2/c23-22(24,25)17-6-3-7-19(12-17)30-11-9-18-13-20(27-26-18)16-8-10-28(14-16)21(29)15-4-1-2-5-15/h3,6-7,12-13,15-16H,1-2,4-5,8-11,14H2,(H,26,27)/t16-/m0/s1. The number of aromatic amines is 1. The molecular formula is C22H26F3N3O2. The number of alkyl halides is 3. The van der Waals surface area contributed by atoms with Gasteiger partial charge in [-0.25, -0.2) is 0 Å². The Morgan fingerprint density at radius 2 is 2.00 bits per heavy atom. The molecule has 1 N–H and O–H groups in total. The monoisotopic (exact) mass is 421 g/mol. The van der Waals surface area contributed by atoms with Gasteiger partial charge in [-0.15, -0.1) is 0 Å². The highest BCUT2D eigenvalue weighted by atomic mass is 19.4. The predicted molar refractivity (Wildman–Crippen MR) is 105 cm³/mol. The molecule has 5 nitrogen and oxygen atoms in total. The molecule has 2 aliphatic rings.